The van der Waals surface area contributed by atoms with Crippen molar-refractivity contribution in [3.05, 3.63) is 23.8 Å². The Labute approximate surface area is 209 Å². The third-order valence-electron chi connectivity index (χ3n) is 6.83. The number of benzene rings is 1. The number of nitrogens with one attached hydrogen (secondary N) is 1. The highest BCUT2D eigenvalue weighted by Gasteiger charge is 2.35. The molecule has 0 unspecified atom stereocenters. The molecule has 1 N–H and O–H groups in total. The molecule has 0 aromatic heterocycles. The number of ether oxygens (including phenoxy) is 2. The van der Waals surface area contributed by atoms with E-state index in [0.717, 1.165) is 19.3 Å². The van der Waals surface area contributed by atoms with Gasteiger partial charge in [-0.1, -0.05) is 13.3 Å². The number of likely N-dealkylation sites (N-methyl/N-ethyl adjacent to an activating group) is 1. The Morgan fingerprint density at radius 1 is 1.19 bits per heavy atom. The summed E-state index contributed by atoms with van der Waals surface area (Å²) in [7, 11) is 3.14. The highest BCUT2D eigenvalue weighted by Crippen LogP contribution is 2.31. The summed E-state index contributed by atoms with van der Waals surface area (Å²) in [4.78, 5) is 41.6. The molecule has 1 fully saturated rings. The van der Waals surface area contributed by atoms with E-state index in [4.69, 9.17) is 9.47 Å². The lowest BCUT2D eigenvalue weighted by molar-refractivity contribution is -0.150. The minimum absolute atomic E-state index is 0.00737. The fourth-order valence-electron chi connectivity index (χ4n) is 4.44. The van der Waals surface area contributed by atoms with Crippen molar-refractivity contribution in [3.8, 4) is 5.75 Å². The van der Waals surface area contributed by atoms with E-state index in [1.54, 1.807) is 14.2 Å². The van der Waals surface area contributed by atoms with Gasteiger partial charge in [-0.15, -0.1) is 0 Å². The topological polar surface area (TPSA) is 88.2 Å². The Kier molecular flexibility index (Phi) is 8.86. The molecule has 1 aliphatic heterocycles. The normalized spacial score (nSPS) is 24.1. The summed E-state index contributed by atoms with van der Waals surface area (Å²) in [5.74, 6) is -1.43. The Bertz CT molecular complexity index is 967. The Hall–Kier alpha value is -2.82. The number of halogens is 3. The van der Waals surface area contributed by atoms with Gasteiger partial charge >= 0.3 is 6.18 Å². The molecule has 1 aliphatic carbocycles. The van der Waals surface area contributed by atoms with Crippen molar-refractivity contribution in [3.63, 3.8) is 0 Å². The molecule has 1 aromatic carbocycles. The zero-order valence-electron chi connectivity index (χ0n) is 21.1. The first-order chi connectivity index (χ1) is 16.9. The van der Waals surface area contributed by atoms with Crippen LogP contribution in [0.3, 0.4) is 0 Å². The number of alkyl halides is 3. The third-order valence-corrected chi connectivity index (χ3v) is 6.83. The van der Waals surface area contributed by atoms with Crippen LogP contribution < -0.4 is 10.1 Å². The van der Waals surface area contributed by atoms with Crippen LogP contribution in [0.5, 0.6) is 5.75 Å². The van der Waals surface area contributed by atoms with Crippen molar-refractivity contribution in [2.45, 2.75) is 57.9 Å². The first-order valence-corrected chi connectivity index (χ1v) is 12.1. The summed E-state index contributed by atoms with van der Waals surface area (Å²) in [6.07, 6.45) is -3.87. The van der Waals surface area contributed by atoms with Gasteiger partial charge in [0.25, 0.3) is 5.91 Å². The number of methoxy groups -OCH3 is 1. The zero-order valence-corrected chi connectivity index (χ0v) is 21.1. The maximum Gasteiger partial charge on any atom is 0.397 e. The lowest BCUT2D eigenvalue weighted by atomic mass is 9.83. The van der Waals surface area contributed by atoms with Crippen LogP contribution in [-0.4, -0.2) is 79.7 Å². The zero-order chi connectivity index (χ0) is 26.6. The van der Waals surface area contributed by atoms with E-state index in [1.807, 2.05) is 18.7 Å². The van der Waals surface area contributed by atoms with Crippen LogP contribution in [0.25, 0.3) is 0 Å². The minimum Gasteiger partial charge on any atom is -0.491 e. The van der Waals surface area contributed by atoms with Gasteiger partial charge in [-0.25, -0.2) is 0 Å². The maximum atomic E-state index is 13.3. The number of fused-ring (bicyclic) bond motifs is 1. The Morgan fingerprint density at radius 3 is 2.47 bits per heavy atom. The first-order valence-electron chi connectivity index (χ1n) is 12.1. The molecular formula is C25H34F3N3O5. The second kappa shape index (κ2) is 11.5. The fourth-order valence-corrected chi connectivity index (χ4v) is 4.44. The van der Waals surface area contributed by atoms with Gasteiger partial charge in [-0.05, 0) is 38.0 Å². The molecule has 3 atom stereocenters. The van der Waals surface area contributed by atoms with Crippen LogP contribution in [0.1, 0.15) is 49.9 Å². The molecule has 1 aromatic rings. The number of amides is 3. The summed E-state index contributed by atoms with van der Waals surface area (Å²) >= 11 is 0. The van der Waals surface area contributed by atoms with Gasteiger partial charge in [0.2, 0.25) is 11.8 Å². The van der Waals surface area contributed by atoms with Crippen LogP contribution in [0.2, 0.25) is 0 Å². The summed E-state index contributed by atoms with van der Waals surface area (Å²) in [5, 5.41) is 2.19. The van der Waals surface area contributed by atoms with Gasteiger partial charge < -0.3 is 24.6 Å². The van der Waals surface area contributed by atoms with Crippen LogP contribution in [0.4, 0.5) is 18.9 Å². The van der Waals surface area contributed by atoms with Crippen molar-refractivity contribution < 1.29 is 37.0 Å². The van der Waals surface area contributed by atoms with Crippen molar-refractivity contribution in [1.29, 1.82) is 0 Å². The van der Waals surface area contributed by atoms with E-state index < -0.39 is 24.4 Å². The molecule has 36 heavy (non-hydrogen) atoms. The monoisotopic (exact) mass is 513 g/mol. The van der Waals surface area contributed by atoms with Crippen LogP contribution in [0, 0.1) is 11.8 Å². The third kappa shape index (κ3) is 6.89. The van der Waals surface area contributed by atoms with Gasteiger partial charge in [0.05, 0.1) is 17.7 Å². The van der Waals surface area contributed by atoms with Gasteiger partial charge in [0.1, 0.15) is 18.8 Å². The SMILES string of the molecule is CO[C@@H]1CN(C)C(=O)c2cc(NC(=O)CC(F)(F)F)ccc2OC[C@@H](C)N(C(=O)C2CCC2)C[C@H]1C. The minimum atomic E-state index is -4.65. The number of anilines is 1. The van der Waals surface area contributed by atoms with E-state index in [0.29, 0.717) is 6.54 Å². The molecule has 200 valence electrons. The van der Waals surface area contributed by atoms with Crippen LogP contribution in [0.15, 0.2) is 18.2 Å². The molecule has 8 nitrogen and oxygen atoms in total. The predicted molar refractivity (Wildman–Crippen MR) is 127 cm³/mol. The van der Waals surface area contributed by atoms with Gasteiger partial charge in [0.15, 0.2) is 0 Å². The molecule has 0 saturated heterocycles. The molecule has 0 radical (unpaired) electrons. The quantitative estimate of drug-likeness (QED) is 0.663. The summed E-state index contributed by atoms with van der Waals surface area (Å²) in [5.41, 5.74) is 0.140. The van der Waals surface area contributed by atoms with Crippen molar-refractivity contribution >= 4 is 23.4 Å². The molecule has 2 aliphatic rings. The van der Waals surface area contributed by atoms with Crippen molar-refractivity contribution in [2.24, 2.45) is 11.8 Å². The van der Waals surface area contributed by atoms with Gasteiger partial charge in [0, 0.05) is 44.8 Å². The summed E-state index contributed by atoms with van der Waals surface area (Å²) < 4.78 is 49.4. The number of nitrogens with zero attached hydrogens (tertiary/aromatic N) is 2. The predicted octanol–water partition coefficient (Wildman–Crippen LogP) is 3.71. The van der Waals surface area contributed by atoms with Gasteiger partial charge in [-0.3, -0.25) is 14.4 Å². The standard InChI is InChI=1S/C25H34F3N3O5/c1-15-12-31(23(33)17-6-5-7-17)16(2)14-36-20-9-8-18(29-22(32)11-25(26,27)28)10-19(20)24(34)30(3)13-21(15)35-4/h8-10,15-17,21H,5-7,11-14H2,1-4H3,(H,29,32)/t15-,16-,21-/m1/s1. The van der Waals surface area contributed by atoms with E-state index >= 15 is 0 Å². The molecule has 1 heterocycles. The molecule has 11 heteroatoms. The molecule has 0 spiro atoms. The number of carbonyl (C=O) groups is 3. The van der Waals surface area contributed by atoms with E-state index in [9.17, 15) is 27.6 Å². The van der Waals surface area contributed by atoms with Crippen molar-refractivity contribution in [2.75, 3.05) is 39.2 Å². The number of rotatable bonds is 4. The smallest absolute Gasteiger partial charge is 0.397 e. The largest absolute Gasteiger partial charge is 0.491 e. The average Bonchev–Trinajstić information content (AvgIpc) is 2.75. The number of carbonyl (C=O) groups excluding carboxylic acids is 3. The average molecular weight is 514 g/mol. The Morgan fingerprint density at radius 2 is 1.89 bits per heavy atom. The van der Waals surface area contributed by atoms with Crippen LogP contribution >= 0.6 is 0 Å². The number of hydrogen-bond donors (Lipinski definition) is 1. The molecule has 1 saturated carbocycles. The van der Waals surface area contributed by atoms with E-state index in [2.05, 4.69) is 5.32 Å². The van der Waals surface area contributed by atoms with Gasteiger partial charge in [-0.2, -0.15) is 13.2 Å². The van der Waals surface area contributed by atoms with E-state index in [-0.39, 0.29) is 60.0 Å². The summed E-state index contributed by atoms with van der Waals surface area (Å²) in [6.45, 7) is 4.65. The second-order valence-electron chi connectivity index (χ2n) is 9.77. The lowest BCUT2D eigenvalue weighted by Gasteiger charge is -2.39. The molecule has 3 rings (SSSR count). The van der Waals surface area contributed by atoms with E-state index in [1.165, 1.54) is 23.1 Å². The summed E-state index contributed by atoms with van der Waals surface area (Å²) in [6, 6.07) is 3.84. The fraction of sp³-hybridized carbons (Fsp3) is 0.640. The molecule has 0 bridgehead atoms. The molecule has 3 amide bonds. The lowest BCUT2D eigenvalue weighted by Crippen LogP contribution is -2.51. The maximum absolute atomic E-state index is 13.3. The number of hydrogen-bond acceptors (Lipinski definition) is 5. The second-order valence-corrected chi connectivity index (χ2v) is 9.77. The highest BCUT2D eigenvalue weighted by molar-refractivity contribution is 5.99. The van der Waals surface area contributed by atoms with Crippen molar-refractivity contribution in [1.82, 2.24) is 9.80 Å². The first kappa shape index (κ1) is 27.8. The van der Waals surface area contributed by atoms with Crippen LogP contribution in [-0.2, 0) is 14.3 Å². The Balaban J connectivity index is 1.91. The highest BCUT2D eigenvalue weighted by atomic mass is 19.4. The molecular weight excluding hydrogens is 479 g/mol.